The van der Waals surface area contributed by atoms with Crippen molar-refractivity contribution < 1.29 is 22.7 Å². The molecule has 0 spiro atoms. The quantitative estimate of drug-likeness (QED) is 0.915. The van der Waals surface area contributed by atoms with Gasteiger partial charge >= 0.3 is 6.18 Å². The molecule has 2 aromatic rings. The van der Waals surface area contributed by atoms with Gasteiger partial charge in [-0.1, -0.05) is 23.5 Å². The van der Waals surface area contributed by atoms with Crippen LogP contribution in [0.2, 0.25) is 0 Å². The largest absolute Gasteiger partial charge is 0.497 e. The van der Waals surface area contributed by atoms with Crippen molar-refractivity contribution in [2.24, 2.45) is 0 Å². The van der Waals surface area contributed by atoms with Gasteiger partial charge in [0.15, 0.2) is 0 Å². The van der Waals surface area contributed by atoms with E-state index in [1.807, 2.05) is 18.2 Å². The van der Waals surface area contributed by atoms with Crippen LogP contribution < -0.4 is 10.1 Å². The maximum Gasteiger partial charge on any atom is 0.397 e. The van der Waals surface area contributed by atoms with Gasteiger partial charge in [-0.15, -0.1) is 10.2 Å². The number of benzene rings is 1. The molecule has 2 rings (SSSR count). The number of halogens is 3. The zero-order valence-electron chi connectivity index (χ0n) is 11.5. The predicted molar refractivity (Wildman–Crippen MR) is 75.0 cm³/mol. The number of nitrogens with zero attached hydrogens (tertiary/aromatic N) is 2. The maximum absolute atomic E-state index is 12.1. The van der Waals surface area contributed by atoms with Gasteiger partial charge in [0.05, 0.1) is 7.11 Å². The molecular weight excluding hydrogens is 319 g/mol. The van der Waals surface area contributed by atoms with E-state index in [1.165, 1.54) is 0 Å². The fourth-order valence-corrected chi connectivity index (χ4v) is 2.47. The Kier molecular flexibility index (Phi) is 4.96. The molecule has 0 atom stereocenters. The summed E-state index contributed by atoms with van der Waals surface area (Å²) in [5.74, 6) is -0.461. The summed E-state index contributed by atoms with van der Waals surface area (Å²) < 4.78 is 41.3. The first-order chi connectivity index (χ1) is 10.4. The van der Waals surface area contributed by atoms with E-state index in [2.05, 4.69) is 15.5 Å². The third-order valence-corrected chi connectivity index (χ3v) is 3.40. The van der Waals surface area contributed by atoms with Gasteiger partial charge in [-0.2, -0.15) is 13.2 Å². The Hall–Kier alpha value is -2.16. The van der Waals surface area contributed by atoms with Gasteiger partial charge in [0, 0.05) is 6.42 Å². The van der Waals surface area contributed by atoms with Crippen molar-refractivity contribution in [3.05, 3.63) is 34.8 Å². The summed E-state index contributed by atoms with van der Waals surface area (Å²) in [5, 5.41) is 10.2. The molecule has 118 valence electrons. The van der Waals surface area contributed by atoms with Crippen LogP contribution in [-0.2, 0) is 11.2 Å². The first kappa shape index (κ1) is 16.2. The van der Waals surface area contributed by atoms with Crippen LogP contribution in [0.3, 0.4) is 0 Å². The van der Waals surface area contributed by atoms with Crippen LogP contribution in [0.1, 0.15) is 17.0 Å². The lowest BCUT2D eigenvalue weighted by Crippen LogP contribution is -2.21. The highest BCUT2D eigenvalue weighted by atomic mass is 32.1. The Balaban J connectivity index is 1.98. The molecule has 1 amide bonds. The number of carbonyl (C=O) groups excluding carboxylic acids is 1. The van der Waals surface area contributed by atoms with Crippen LogP contribution in [0.15, 0.2) is 24.3 Å². The molecule has 0 saturated heterocycles. The first-order valence-electron chi connectivity index (χ1n) is 6.17. The lowest BCUT2D eigenvalue weighted by molar-refractivity contribution is -0.150. The third-order valence-electron chi connectivity index (χ3n) is 2.56. The molecule has 0 aliphatic rings. The standard InChI is InChI=1S/C13H12F3N3O2S/c1-21-9-4-2-3-8(5-9)6-11-18-19-12(22-11)17-10(20)7-13(14,15)16/h2-5H,6-7H2,1H3,(H,17,19,20). The zero-order chi connectivity index (χ0) is 16.2. The van der Waals surface area contributed by atoms with Crippen LogP contribution in [0.4, 0.5) is 18.3 Å². The molecule has 0 radical (unpaired) electrons. The van der Waals surface area contributed by atoms with Crippen molar-refractivity contribution in [1.82, 2.24) is 10.2 Å². The van der Waals surface area contributed by atoms with Gasteiger partial charge in [0.1, 0.15) is 17.2 Å². The minimum Gasteiger partial charge on any atom is -0.497 e. The number of rotatable bonds is 5. The maximum atomic E-state index is 12.1. The van der Waals surface area contributed by atoms with Crippen molar-refractivity contribution in [1.29, 1.82) is 0 Å². The number of hydrogen-bond acceptors (Lipinski definition) is 5. The van der Waals surface area contributed by atoms with E-state index in [0.717, 1.165) is 16.9 Å². The van der Waals surface area contributed by atoms with Crippen molar-refractivity contribution in [3.8, 4) is 5.75 Å². The summed E-state index contributed by atoms with van der Waals surface area (Å²) in [4.78, 5) is 11.2. The highest BCUT2D eigenvalue weighted by molar-refractivity contribution is 7.15. The minimum absolute atomic E-state index is 0.0483. The number of ether oxygens (including phenoxy) is 1. The summed E-state index contributed by atoms with van der Waals surface area (Å²) >= 11 is 1.03. The second kappa shape index (κ2) is 6.73. The smallest absolute Gasteiger partial charge is 0.397 e. The number of nitrogens with one attached hydrogen (secondary N) is 1. The van der Waals surface area contributed by atoms with E-state index in [0.29, 0.717) is 17.2 Å². The molecule has 0 unspecified atom stereocenters. The van der Waals surface area contributed by atoms with E-state index in [1.54, 1.807) is 13.2 Å². The predicted octanol–water partition coefficient (Wildman–Crippen LogP) is 3.03. The minimum atomic E-state index is -4.54. The summed E-state index contributed by atoms with van der Waals surface area (Å²) in [6.45, 7) is 0. The monoisotopic (exact) mass is 331 g/mol. The van der Waals surface area contributed by atoms with Crippen LogP contribution in [0.5, 0.6) is 5.75 Å². The second-order valence-corrected chi connectivity index (χ2v) is 5.43. The molecular formula is C13H12F3N3O2S. The molecule has 0 aliphatic carbocycles. The number of alkyl halides is 3. The van der Waals surface area contributed by atoms with Crippen molar-refractivity contribution >= 4 is 22.4 Å². The van der Waals surface area contributed by atoms with Gasteiger partial charge in [-0.25, -0.2) is 0 Å². The van der Waals surface area contributed by atoms with E-state index < -0.39 is 18.5 Å². The summed E-state index contributed by atoms with van der Waals surface area (Å²) in [5.41, 5.74) is 0.920. The molecule has 1 aromatic carbocycles. The molecule has 0 aliphatic heterocycles. The van der Waals surface area contributed by atoms with E-state index >= 15 is 0 Å². The van der Waals surface area contributed by atoms with Gasteiger partial charge < -0.3 is 10.1 Å². The number of hydrogen-bond donors (Lipinski definition) is 1. The van der Waals surface area contributed by atoms with Gasteiger partial charge in [-0.05, 0) is 17.7 Å². The molecule has 0 saturated carbocycles. The van der Waals surface area contributed by atoms with Crippen molar-refractivity contribution in [2.45, 2.75) is 19.0 Å². The lowest BCUT2D eigenvalue weighted by Gasteiger charge is -2.04. The SMILES string of the molecule is COc1cccc(Cc2nnc(NC(=O)CC(F)(F)F)s2)c1. The Labute approximate surface area is 128 Å². The average Bonchev–Trinajstić information content (AvgIpc) is 2.83. The van der Waals surface area contributed by atoms with Gasteiger partial charge in [0.25, 0.3) is 0 Å². The highest BCUT2D eigenvalue weighted by Gasteiger charge is 2.31. The Morgan fingerprint density at radius 3 is 2.82 bits per heavy atom. The summed E-state index contributed by atoms with van der Waals surface area (Å²) in [6.07, 6.45) is -5.64. The Bertz CT molecular complexity index is 658. The number of methoxy groups -OCH3 is 1. The van der Waals surface area contributed by atoms with Crippen LogP contribution in [0.25, 0.3) is 0 Å². The Morgan fingerprint density at radius 2 is 2.14 bits per heavy atom. The average molecular weight is 331 g/mol. The number of amides is 1. The lowest BCUT2D eigenvalue weighted by atomic mass is 10.1. The molecule has 22 heavy (non-hydrogen) atoms. The summed E-state index contributed by atoms with van der Waals surface area (Å²) in [7, 11) is 1.55. The zero-order valence-corrected chi connectivity index (χ0v) is 12.3. The van der Waals surface area contributed by atoms with Gasteiger partial charge in [-0.3, -0.25) is 4.79 Å². The van der Waals surface area contributed by atoms with E-state index in [-0.39, 0.29) is 5.13 Å². The topological polar surface area (TPSA) is 64.1 Å². The van der Waals surface area contributed by atoms with Crippen LogP contribution in [0, 0.1) is 0 Å². The van der Waals surface area contributed by atoms with Gasteiger partial charge in [0.2, 0.25) is 11.0 Å². The van der Waals surface area contributed by atoms with Crippen LogP contribution >= 0.6 is 11.3 Å². The Morgan fingerprint density at radius 1 is 1.36 bits per heavy atom. The normalized spacial score (nSPS) is 11.3. The second-order valence-electron chi connectivity index (χ2n) is 4.37. The molecule has 9 heteroatoms. The highest BCUT2D eigenvalue weighted by Crippen LogP contribution is 2.23. The first-order valence-corrected chi connectivity index (χ1v) is 6.99. The third kappa shape index (κ3) is 4.99. The van der Waals surface area contributed by atoms with E-state index in [4.69, 9.17) is 4.74 Å². The van der Waals surface area contributed by atoms with Crippen molar-refractivity contribution in [3.63, 3.8) is 0 Å². The van der Waals surface area contributed by atoms with E-state index in [9.17, 15) is 18.0 Å². The molecule has 5 nitrogen and oxygen atoms in total. The van der Waals surface area contributed by atoms with Crippen molar-refractivity contribution in [2.75, 3.05) is 12.4 Å². The number of carbonyl (C=O) groups is 1. The molecule has 0 bridgehead atoms. The molecule has 1 heterocycles. The molecule has 1 aromatic heterocycles. The summed E-state index contributed by atoms with van der Waals surface area (Å²) in [6, 6.07) is 7.31. The number of anilines is 1. The fraction of sp³-hybridized carbons (Fsp3) is 0.308. The van der Waals surface area contributed by atoms with Crippen LogP contribution in [-0.4, -0.2) is 29.4 Å². The number of aromatic nitrogens is 2. The fourth-order valence-electron chi connectivity index (χ4n) is 1.68. The molecule has 1 N–H and O–H groups in total. The molecule has 0 fully saturated rings.